The highest BCUT2D eigenvalue weighted by molar-refractivity contribution is 9.10. The van der Waals surface area contributed by atoms with Gasteiger partial charge in [-0.3, -0.25) is 0 Å². The minimum atomic E-state index is -1.19. The zero-order valence-corrected chi connectivity index (χ0v) is 9.55. The predicted octanol–water partition coefficient (Wildman–Crippen LogP) is 2.00. The van der Waals surface area contributed by atoms with Gasteiger partial charge in [-0.2, -0.15) is 5.10 Å². The van der Waals surface area contributed by atoms with E-state index in [1.165, 1.54) is 6.20 Å². The Bertz CT molecular complexity index is 545. The molecule has 2 rings (SSSR count). The number of nitrogens with zero attached hydrogens (tertiary/aromatic N) is 3. The van der Waals surface area contributed by atoms with Gasteiger partial charge >= 0.3 is 5.97 Å². The molecule has 16 heavy (non-hydrogen) atoms. The van der Waals surface area contributed by atoms with E-state index in [1.807, 2.05) is 24.3 Å². The number of rotatable bonds is 2. The van der Waals surface area contributed by atoms with Gasteiger partial charge in [0.1, 0.15) is 0 Å². The van der Waals surface area contributed by atoms with Crippen molar-refractivity contribution >= 4 is 21.9 Å². The van der Waals surface area contributed by atoms with Crippen molar-refractivity contribution in [3.8, 4) is 11.3 Å². The van der Waals surface area contributed by atoms with Crippen molar-refractivity contribution in [2.45, 2.75) is 0 Å². The van der Waals surface area contributed by atoms with E-state index in [2.05, 4.69) is 31.1 Å². The Labute approximate surface area is 99.3 Å². The molecule has 0 unspecified atom stereocenters. The number of halogens is 1. The molecule has 1 N–H and O–H groups in total. The van der Waals surface area contributed by atoms with Gasteiger partial charge in [-0.05, 0) is 6.07 Å². The molecule has 6 heteroatoms. The number of aromatic nitrogens is 3. The van der Waals surface area contributed by atoms with E-state index in [4.69, 9.17) is 5.11 Å². The van der Waals surface area contributed by atoms with Crippen molar-refractivity contribution in [2.24, 2.45) is 0 Å². The number of benzene rings is 1. The van der Waals surface area contributed by atoms with Crippen LogP contribution in [-0.2, 0) is 0 Å². The summed E-state index contributed by atoms with van der Waals surface area (Å²) in [4.78, 5) is 14.6. The lowest BCUT2D eigenvalue weighted by Crippen LogP contribution is -2.06. The summed E-state index contributed by atoms with van der Waals surface area (Å²) in [5.74, 6) is -1.50. The zero-order valence-electron chi connectivity index (χ0n) is 7.96. The van der Waals surface area contributed by atoms with Crippen molar-refractivity contribution in [3.05, 3.63) is 40.8 Å². The summed E-state index contributed by atoms with van der Waals surface area (Å²) in [5, 5.41) is 15.8. The highest BCUT2D eigenvalue weighted by Gasteiger charge is 2.10. The lowest BCUT2D eigenvalue weighted by molar-refractivity contribution is 0.0682. The van der Waals surface area contributed by atoms with Gasteiger partial charge < -0.3 is 5.11 Å². The Morgan fingerprint density at radius 1 is 1.31 bits per heavy atom. The fourth-order valence-electron chi connectivity index (χ4n) is 1.19. The summed E-state index contributed by atoms with van der Waals surface area (Å²) in [5.41, 5.74) is 1.25. The third kappa shape index (κ3) is 2.06. The third-order valence-electron chi connectivity index (χ3n) is 1.90. The Kier molecular flexibility index (Phi) is 2.91. The fourth-order valence-corrected chi connectivity index (χ4v) is 1.68. The van der Waals surface area contributed by atoms with Crippen LogP contribution in [0.1, 0.15) is 10.6 Å². The molecular formula is C10H6BrN3O2. The molecule has 2 aromatic rings. The first kappa shape index (κ1) is 10.7. The summed E-state index contributed by atoms with van der Waals surface area (Å²) in [6, 6.07) is 7.36. The molecule has 0 saturated carbocycles. The van der Waals surface area contributed by atoms with Gasteiger partial charge in [-0.15, -0.1) is 5.10 Å². The van der Waals surface area contributed by atoms with Gasteiger partial charge in [0.05, 0.1) is 11.9 Å². The largest absolute Gasteiger partial charge is 0.475 e. The first-order valence-corrected chi connectivity index (χ1v) is 5.15. The van der Waals surface area contributed by atoms with Crippen LogP contribution >= 0.6 is 15.9 Å². The van der Waals surface area contributed by atoms with Crippen molar-refractivity contribution < 1.29 is 9.90 Å². The van der Waals surface area contributed by atoms with Crippen LogP contribution in [0.4, 0.5) is 0 Å². The van der Waals surface area contributed by atoms with Crippen LogP contribution in [0.15, 0.2) is 34.9 Å². The van der Waals surface area contributed by atoms with Crippen molar-refractivity contribution in [1.29, 1.82) is 0 Å². The molecule has 0 spiro atoms. The minimum Gasteiger partial charge on any atom is -0.475 e. The van der Waals surface area contributed by atoms with E-state index in [1.54, 1.807) is 0 Å². The molecule has 0 atom stereocenters. The molecule has 1 aromatic heterocycles. The summed E-state index contributed by atoms with van der Waals surface area (Å²) in [7, 11) is 0. The molecule has 0 saturated heterocycles. The quantitative estimate of drug-likeness (QED) is 0.910. The van der Waals surface area contributed by atoms with Crippen molar-refractivity contribution in [3.63, 3.8) is 0 Å². The lowest BCUT2D eigenvalue weighted by atomic mass is 10.2. The summed E-state index contributed by atoms with van der Waals surface area (Å²) in [6.07, 6.45) is 1.42. The molecule has 0 bridgehead atoms. The second kappa shape index (κ2) is 4.36. The molecule has 0 radical (unpaired) electrons. The van der Waals surface area contributed by atoms with Crippen LogP contribution in [0, 0.1) is 0 Å². The molecule has 0 aliphatic carbocycles. The van der Waals surface area contributed by atoms with E-state index < -0.39 is 5.97 Å². The first-order valence-electron chi connectivity index (χ1n) is 4.36. The van der Waals surface area contributed by atoms with Crippen molar-refractivity contribution in [1.82, 2.24) is 15.2 Å². The molecule has 1 heterocycles. The number of aromatic carboxylic acids is 1. The molecule has 0 aliphatic heterocycles. The molecule has 0 amide bonds. The Morgan fingerprint density at radius 2 is 2.06 bits per heavy atom. The lowest BCUT2D eigenvalue weighted by Gasteiger charge is -2.02. The molecule has 0 aliphatic rings. The van der Waals surface area contributed by atoms with Crippen LogP contribution < -0.4 is 0 Å². The number of hydrogen-bond acceptors (Lipinski definition) is 4. The first-order chi connectivity index (χ1) is 7.68. The molecule has 80 valence electrons. The van der Waals surface area contributed by atoms with Crippen LogP contribution in [0.5, 0.6) is 0 Å². The number of carboxylic acids is 1. The Balaban J connectivity index is 2.53. The van der Waals surface area contributed by atoms with Crippen LogP contribution in [0.25, 0.3) is 11.3 Å². The topological polar surface area (TPSA) is 76.0 Å². The second-order valence-corrected chi connectivity index (χ2v) is 3.80. The maximum absolute atomic E-state index is 10.7. The van der Waals surface area contributed by atoms with Gasteiger partial charge in [0.15, 0.2) is 0 Å². The molecule has 1 aromatic carbocycles. The normalized spacial score (nSPS) is 10.1. The Morgan fingerprint density at radius 3 is 2.75 bits per heavy atom. The summed E-state index contributed by atoms with van der Waals surface area (Å²) in [6.45, 7) is 0. The smallest absolute Gasteiger partial charge is 0.375 e. The monoisotopic (exact) mass is 279 g/mol. The average Bonchev–Trinajstić information content (AvgIpc) is 2.30. The second-order valence-electron chi connectivity index (χ2n) is 2.95. The fraction of sp³-hybridized carbons (Fsp3) is 0. The SMILES string of the molecule is O=C(O)c1nncc(-c2ccccc2Br)n1. The molecular weight excluding hydrogens is 274 g/mol. The van der Waals surface area contributed by atoms with Gasteiger partial charge in [0, 0.05) is 10.0 Å². The maximum atomic E-state index is 10.7. The predicted molar refractivity (Wildman–Crippen MR) is 59.9 cm³/mol. The standard InChI is InChI=1S/C10H6BrN3O2/c11-7-4-2-1-3-6(7)8-5-12-14-9(13-8)10(15)16/h1-5H,(H,15,16). The van der Waals surface area contributed by atoms with Gasteiger partial charge in [-0.25, -0.2) is 9.78 Å². The Hall–Kier alpha value is -1.82. The minimum absolute atomic E-state index is 0.312. The maximum Gasteiger partial charge on any atom is 0.375 e. The highest BCUT2D eigenvalue weighted by atomic mass is 79.9. The van der Waals surface area contributed by atoms with E-state index in [0.29, 0.717) is 5.69 Å². The van der Waals surface area contributed by atoms with Crippen LogP contribution in [0.3, 0.4) is 0 Å². The molecule has 5 nitrogen and oxygen atoms in total. The van der Waals surface area contributed by atoms with Crippen LogP contribution in [-0.4, -0.2) is 26.3 Å². The van der Waals surface area contributed by atoms with Gasteiger partial charge in [0.25, 0.3) is 5.82 Å². The van der Waals surface area contributed by atoms with Gasteiger partial charge in [0.2, 0.25) is 0 Å². The van der Waals surface area contributed by atoms with E-state index in [-0.39, 0.29) is 5.82 Å². The average molecular weight is 280 g/mol. The highest BCUT2D eigenvalue weighted by Crippen LogP contribution is 2.25. The van der Waals surface area contributed by atoms with E-state index in [0.717, 1.165) is 10.0 Å². The summed E-state index contributed by atoms with van der Waals surface area (Å²) >= 11 is 3.36. The number of carbonyl (C=O) groups is 1. The van der Waals surface area contributed by atoms with Gasteiger partial charge in [-0.1, -0.05) is 34.1 Å². The third-order valence-corrected chi connectivity index (χ3v) is 2.59. The zero-order chi connectivity index (χ0) is 11.5. The molecule has 0 fully saturated rings. The van der Waals surface area contributed by atoms with Crippen LogP contribution in [0.2, 0.25) is 0 Å². The number of carboxylic acid groups (broad SMARTS) is 1. The van der Waals surface area contributed by atoms with E-state index in [9.17, 15) is 4.79 Å². The number of hydrogen-bond donors (Lipinski definition) is 1. The van der Waals surface area contributed by atoms with Crippen molar-refractivity contribution in [2.75, 3.05) is 0 Å². The van der Waals surface area contributed by atoms with E-state index >= 15 is 0 Å². The summed E-state index contributed by atoms with van der Waals surface area (Å²) < 4.78 is 0.826.